The van der Waals surface area contributed by atoms with Crippen molar-refractivity contribution in [1.29, 1.82) is 0 Å². The van der Waals surface area contributed by atoms with Crippen molar-refractivity contribution in [3.8, 4) is 5.75 Å². The Morgan fingerprint density at radius 2 is 1.89 bits per heavy atom. The topological polar surface area (TPSA) is 121 Å². The Morgan fingerprint density at radius 1 is 1.19 bits per heavy atom. The lowest BCUT2D eigenvalue weighted by atomic mass is 9.97. The Labute approximate surface area is 219 Å². The van der Waals surface area contributed by atoms with E-state index in [2.05, 4.69) is 9.44 Å². The molecule has 0 radical (unpaired) electrons. The molecule has 0 unspecified atom stereocenters. The molecule has 13 heteroatoms. The fourth-order valence-corrected chi connectivity index (χ4v) is 4.24. The molecule has 37 heavy (non-hydrogen) atoms. The van der Waals surface area contributed by atoms with Gasteiger partial charge in [-0.1, -0.05) is 30.7 Å². The number of anilines is 1. The highest BCUT2D eigenvalue weighted by Gasteiger charge is 2.22. The van der Waals surface area contributed by atoms with E-state index in [1.807, 2.05) is 18.9 Å². The zero-order valence-corrected chi connectivity index (χ0v) is 22.6. The Morgan fingerprint density at radius 3 is 2.51 bits per heavy atom. The summed E-state index contributed by atoms with van der Waals surface area (Å²) >= 11 is 6.41. The molecule has 0 aliphatic carbocycles. The van der Waals surface area contributed by atoms with E-state index in [0.29, 0.717) is 24.0 Å². The number of carbonyl (C=O) groups is 1. The first-order valence-electron chi connectivity index (χ1n) is 11.2. The molecule has 0 spiro atoms. The maximum atomic E-state index is 15.3. The van der Waals surface area contributed by atoms with Crippen LogP contribution < -0.4 is 19.8 Å². The lowest BCUT2D eigenvalue weighted by molar-refractivity contribution is 0.172. The minimum atomic E-state index is -3.95. The molecule has 10 nitrogen and oxygen atoms in total. The third kappa shape index (κ3) is 6.58. The van der Waals surface area contributed by atoms with Gasteiger partial charge in [-0.05, 0) is 36.9 Å². The molecule has 0 saturated heterocycles. The summed E-state index contributed by atoms with van der Waals surface area (Å²) in [5.74, 6) is -0.797. The second-order valence-corrected chi connectivity index (χ2v) is 10.5. The fourth-order valence-electron chi connectivity index (χ4n) is 3.49. The van der Waals surface area contributed by atoms with Crippen molar-refractivity contribution in [3.63, 3.8) is 0 Å². The van der Waals surface area contributed by atoms with Crippen molar-refractivity contribution in [2.75, 3.05) is 39.5 Å². The van der Waals surface area contributed by atoms with Crippen LogP contribution in [0.4, 0.5) is 14.9 Å². The zero-order chi connectivity index (χ0) is 27.5. The van der Waals surface area contributed by atoms with Gasteiger partial charge in [-0.25, -0.2) is 18.7 Å². The molecule has 0 bridgehead atoms. The van der Waals surface area contributed by atoms with Crippen LogP contribution in [0.25, 0.3) is 11.0 Å². The van der Waals surface area contributed by atoms with Gasteiger partial charge >= 0.3 is 11.7 Å². The van der Waals surface area contributed by atoms with Crippen molar-refractivity contribution in [2.24, 2.45) is 0 Å². The highest BCUT2D eigenvalue weighted by molar-refractivity contribution is 7.90. The van der Waals surface area contributed by atoms with Crippen molar-refractivity contribution in [2.45, 2.75) is 19.9 Å². The minimum absolute atomic E-state index is 0.0223. The molecule has 0 aliphatic rings. The number of nitrogens with one attached hydrogen (secondary N) is 2. The van der Waals surface area contributed by atoms with Crippen molar-refractivity contribution < 1.29 is 26.8 Å². The van der Waals surface area contributed by atoms with E-state index in [1.165, 1.54) is 56.4 Å². The summed E-state index contributed by atoms with van der Waals surface area (Å²) in [6.45, 7) is 2.91. The number of rotatable bonds is 9. The first kappa shape index (κ1) is 28.4. The Balaban J connectivity index is 2.16. The van der Waals surface area contributed by atoms with E-state index < -0.39 is 27.7 Å². The molecular formula is C24H28ClFN4O6S. The highest BCUT2D eigenvalue weighted by atomic mass is 35.5. The van der Waals surface area contributed by atoms with Crippen LogP contribution in [0.5, 0.6) is 5.75 Å². The smallest absolute Gasteiger partial charge is 0.414 e. The van der Waals surface area contributed by atoms with Gasteiger partial charge in [-0.3, -0.25) is 4.72 Å². The van der Waals surface area contributed by atoms with Crippen LogP contribution >= 0.6 is 11.6 Å². The molecule has 0 atom stereocenters. The summed E-state index contributed by atoms with van der Waals surface area (Å²) in [5.41, 5.74) is 0.0127. The van der Waals surface area contributed by atoms with Gasteiger partial charge in [0.05, 0.1) is 10.7 Å². The third-order valence-electron chi connectivity index (χ3n) is 5.66. The Bertz CT molecular complexity index is 1490. The first-order chi connectivity index (χ1) is 17.4. The van der Waals surface area contributed by atoms with E-state index in [1.54, 1.807) is 0 Å². The Kier molecular flexibility index (Phi) is 8.80. The van der Waals surface area contributed by atoms with Crippen molar-refractivity contribution in [1.82, 2.24) is 14.5 Å². The summed E-state index contributed by atoms with van der Waals surface area (Å²) < 4.78 is 54.0. The summed E-state index contributed by atoms with van der Waals surface area (Å²) in [6.07, 6.45) is -0.823. The van der Waals surface area contributed by atoms with E-state index in [9.17, 15) is 18.0 Å². The van der Waals surface area contributed by atoms with Crippen LogP contribution in [-0.4, -0.2) is 59.0 Å². The highest BCUT2D eigenvalue weighted by Crippen LogP contribution is 2.34. The molecule has 1 heterocycles. The van der Waals surface area contributed by atoms with Crippen LogP contribution in [0.3, 0.4) is 0 Å². The largest absolute Gasteiger partial charge is 0.422 e. The predicted octanol–water partition coefficient (Wildman–Crippen LogP) is 3.56. The summed E-state index contributed by atoms with van der Waals surface area (Å²) in [5, 5.41) is 0.620. The maximum absolute atomic E-state index is 15.3. The van der Waals surface area contributed by atoms with Crippen LogP contribution in [0.2, 0.25) is 5.02 Å². The number of hydrogen-bond donors (Lipinski definition) is 2. The molecule has 3 aromatic rings. The van der Waals surface area contributed by atoms with Gasteiger partial charge in [-0.15, -0.1) is 0 Å². The van der Waals surface area contributed by atoms with Gasteiger partial charge in [0, 0.05) is 51.1 Å². The number of benzene rings is 2. The molecule has 0 aliphatic heterocycles. The normalized spacial score (nSPS) is 11.7. The number of fused-ring (bicyclic) bond motifs is 1. The average molecular weight is 555 g/mol. The molecule has 2 N–H and O–H groups in total. The van der Waals surface area contributed by atoms with Gasteiger partial charge in [0.1, 0.15) is 5.58 Å². The number of hydrogen-bond acceptors (Lipinski definition) is 7. The Hall–Kier alpha value is -3.19. The fraction of sp³-hybridized carbons (Fsp3) is 0.333. The molecule has 0 fully saturated rings. The van der Waals surface area contributed by atoms with Crippen molar-refractivity contribution >= 4 is 44.6 Å². The summed E-state index contributed by atoms with van der Waals surface area (Å²) in [7, 11) is 2.12. The summed E-state index contributed by atoms with van der Waals surface area (Å²) in [4.78, 5) is 28.3. The number of amides is 1. The lowest BCUT2D eigenvalue weighted by Gasteiger charge is -2.19. The van der Waals surface area contributed by atoms with E-state index in [-0.39, 0.29) is 39.6 Å². The molecule has 3 rings (SSSR count). The second-order valence-electron chi connectivity index (χ2n) is 8.48. The zero-order valence-electron chi connectivity index (χ0n) is 21.0. The van der Waals surface area contributed by atoms with Gasteiger partial charge in [0.25, 0.3) is 10.2 Å². The SMILES string of the molecule is CCN(C)Cc1c(Cc2cccc(NS(=O)(=O)NC)c2F)c(=O)oc2cc(OC(=O)N(C)C)c(Cl)cc12. The van der Waals surface area contributed by atoms with Crippen molar-refractivity contribution in [3.05, 3.63) is 68.3 Å². The van der Waals surface area contributed by atoms with Crippen LogP contribution in [-0.2, 0) is 23.2 Å². The average Bonchev–Trinajstić information content (AvgIpc) is 2.84. The van der Waals surface area contributed by atoms with Gasteiger partial charge < -0.3 is 19.0 Å². The molecule has 2 aromatic carbocycles. The molecule has 0 saturated carbocycles. The third-order valence-corrected chi connectivity index (χ3v) is 6.98. The first-order valence-corrected chi connectivity index (χ1v) is 13.1. The number of ether oxygens (including phenoxy) is 1. The van der Waals surface area contributed by atoms with E-state index in [0.717, 1.165) is 0 Å². The van der Waals surface area contributed by atoms with E-state index >= 15 is 4.39 Å². The van der Waals surface area contributed by atoms with Crippen LogP contribution in [0.1, 0.15) is 23.6 Å². The molecular weight excluding hydrogens is 527 g/mol. The number of nitrogens with zero attached hydrogens (tertiary/aromatic N) is 2. The second kappa shape index (κ2) is 11.5. The monoisotopic (exact) mass is 554 g/mol. The van der Waals surface area contributed by atoms with Gasteiger partial charge in [-0.2, -0.15) is 8.42 Å². The lowest BCUT2D eigenvalue weighted by Crippen LogP contribution is -2.27. The maximum Gasteiger partial charge on any atom is 0.414 e. The standard InChI is InChI=1S/C24H28ClFN4O6S/c1-6-30(5)13-17-15-11-18(25)21(36-24(32)29(3)4)12-20(15)35-23(31)16(17)10-14-8-7-9-19(22(14)26)28-37(33,34)27-2/h7-9,11-12,27-28H,6,10,13H2,1-5H3. The quantitative estimate of drug-likeness (QED) is 0.388. The number of carbonyl (C=O) groups excluding carboxylic acids is 1. The predicted molar refractivity (Wildman–Crippen MR) is 140 cm³/mol. The van der Waals surface area contributed by atoms with Crippen LogP contribution in [0, 0.1) is 5.82 Å². The minimum Gasteiger partial charge on any atom is -0.422 e. The van der Waals surface area contributed by atoms with Gasteiger partial charge in [0.2, 0.25) is 0 Å². The molecule has 1 aromatic heterocycles. The molecule has 200 valence electrons. The van der Waals surface area contributed by atoms with Gasteiger partial charge in [0.15, 0.2) is 11.6 Å². The number of halogens is 2. The summed E-state index contributed by atoms with van der Waals surface area (Å²) in [6, 6.07) is 7.12. The van der Waals surface area contributed by atoms with Crippen LogP contribution in [0.15, 0.2) is 39.5 Å². The molecule has 1 amide bonds. The van der Waals surface area contributed by atoms with E-state index in [4.69, 9.17) is 20.8 Å².